The third-order valence-corrected chi connectivity index (χ3v) is 5.47. The fraction of sp³-hybridized carbons (Fsp3) is 0.375. The fourth-order valence-corrected chi connectivity index (χ4v) is 3.55. The summed E-state index contributed by atoms with van der Waals surface area (Å²) in [5, 5.41) is 13.0. The monoisotopic (exact) mass is 457 g/mol. The van der Waals surface area contributed by atoms with Crippen LogP contribution in [0.4, 0.5) is 14.6 Å². The fourth-order valence-electron chi connectivity index (χ4n) is 3.55. The molecule has 2 heterocycles. The van der Waals surface area contributed by atoms with Gasteiger partial charge < -0.3 is 25.7 Å². The van der Waals surface area contributed by atoms with Crippen LogP contribution in [0.25, 0.3) is 0 Å². The van der Waals surface area contributed by atoms with Gasteiger partial charge in [0.1, 0.15) is 23.9 Å². The Kier molecular flexibility index (Phi) is 8.48. The number of aryl methyl sites for hydroxylation is 1. The molecular weight excluding hydrogens is 428 g/mol. The van der Waals surface area contributed by atoms with Crippen LogP contribution < -0.4 is 15.4 Å². The maximum Gasteiger partial charge on any atom is 0.253 e. The van der Waals surface area contributed by atoms with Gasteiger partial charge in [-0.2, -0.15) is 4.98 Å². The summed E-state index contributed by atoms with van der Waals surface area (Å²) in [5.74, 6) is 0.500. The van der Waals surface area contributed by atoms with Crippen LogP contribution in [0.3, 0.4) is 0 Å². The molecule has 1 aliphatic rings. The van der Waals surface area contributed by atoms with Crippen molar-refractivity contribution in [1.29, 1.82) is 5.41 Å². The third-order valence-electron chi connectivity index (χ3n) is 5.47. The van der Waals surface area contributed by atoms with E-state index in [0.29, 0.717) is 49.1 Å². The van der Waals surface area contributed by atoms with Crippen LogP contribution in [-0.4, -0.2) is 60.5 Å². The number of amides is 1. The minimum absolute atomic E-state index is 0.178. The number of alkyl halides is 1. The summed E-state index contributed by atoms with van der Waals surface area (Å²) in [6.45, 7) is 3.22. The lowest BCUT2D eigenvalue weighted by Crippen LogP contribution is -2.49. The van der Waals surface area contributed by atoms with Crippen molar-refractivity contribution in [3.63, 3.8) is 0 Å². The van der Waals surface area contributed by atoms with E-state index in [1.165, 1.54) is 24.3 Å². The van der Waals surface area contributed by atoms with Gasteiger partial charge in [-0.15, -0.1) is 0 Å². The van der Waals surface area contributed by atoms with Crippen LogP contribution >= 0.6 is 0 Å². The Morgan fingerprint density at radius 2 is 2.09 bits per heavy atom. The highest BCUT2D eigenvalue weighted by molar-refractivity contribution is 5.94. The maximum absolute atomic E-state index is 15.1. The Hall–Kier alpha value is -3.33. The molecule has 9 heteroatoms. The van der Waals surface area contributed by atoms with E-state index in [0.717, 1.165) is 6.21 Å². The lowest BCUT2D eigenvalue weighted by Gasteiger charge is -2.36. The molecule has 0 atom stereocenters. The molecule has 0 bridgehead atoms. The number of ether oxygens (including phenoxy) is 1. The van der Waals surface area contributed by atoms with Crippen molar-refractivity contribution in [3.8, 4) is 5.88 Å². The molecule has 2 aromatic rings. The van der Waals surface area contributed by atoms with Crippen molar-refractivity contribution >= 4 is 17.9 Å². The lowest BCUT2D eigenvalue weighted by molar-refractivity contribution is 0.0433. The maximum atomic E-state index is 15.1. The molecule has 1 aliphatic heterocycles. The lowest BCUT2D eigenvalue weighted by atomic mass is 9.92. The van der Waals surface area contributed by atoms with Crippen LogP contribution in [0.5, 0.6) is 5.88 Å². The highest BCUT2D eigenvalue weighted by Crippen LogP contribution is 2.27. The van der Waals surface area contributed by atoms with Gasteiger partial charge >= 0.3 is 0 Å². The minimum atomic E-state index is -1.39. The van der Waals surface area contributed by atoms with E-state index < -0.39 is 5.67 Å². The Morgan fingerprint density at radius 3 is 2.82 bits per heavy atom. The molecular formula is C24H29F2N5O2. The molecule has 0 radical (unpaired) electrons. The number of rotatable bonds is 10. The number of hydrogen-bond acceptors (Lipinski definition) is 6. The van der Waals surface area contributed by atoms with Gasteiger partial charge in [0, 0.05) is 63.1 Å². The Morgan fingerprint density at radius 1 is 1.30 bits per heavy atom. The SMILES string of the molecule is Cc1cc(C(=O)N2CCC(F)(CNCCOc3cccc(N/C=C\C=N)n3)CC2)ccc1F. The number of hydrogen-bond donors (Lipinski definition) is 3. The van der Waals surface area contributed by atoms with Crippen LogP contribution in [0.15, 0.2) is 48.7 Å². The average molecular weight is 458 g/mol. The summed E-state index contributed by atoms with van der Waals surface area (Å²) in [6.07, 6.45) is 4.78. The number of likely N-dealkylation sites (tertiary alicyclic amines) is 1. The van der Waals surface area contributed by atoms with Crippen LogP contribution in [0, 0.1) is 18.2 Å². The normalized spacial score (nSPS) is 15.4. The van der Waals surface area contributed by atoms with E-state index in [-0.39, 0.29) is 31.1 Å². The number of aromatic nitrogens is 1. The van der Waals surface area contributed by atoms with Gasteiger partial charge in [-0.05, 0) is 42.8 Å². The number of anilines is 1. The first-order valence-electron chi connectivity index (χ1n) is 10.9. The first-order chi connectivity index (χ1) is 15.9. The molecule has 1 aromatic heterocycles. The Labute approximate surface area is 192 Å². The number of benzene rings is 1. The zero-order chi connectivity index (χ0) is 23.7. The van der Waals surface area contributed by atoms with E-state index in [9.17, 15) is 9.18 Å². The van der Waals surface area contributed by atoms with Crippen molar-refractivity contribution in [2.24, 2.45) is 0 Å². The second-order valence-corrected chi connectivity index (χ2v) is 7.96. The topological polar surface area (TPSA) is 90.3 Å². The van der Waals surface area contributed by atoms with Crippen LogP contribution in [0.1, 0.15) is 28.8 Å². The first kappa shape index (κ1) is 24.3. The van der Waals surface area contributed by atoms with Gasteiger partial charge in [-0.1, -0.05) is 6.07 Å². The molecule has 0 aliphatic carbocycles. The number of allylic oxidation sites excluding steroid dienone is 1. The molecule has 0 unspecified atom stereocenters. The summed E-state index contributed by atoms with van der Waals surface area (Å²) in [7, 11) is 0. The molecule has 1 saturated heterocycles. The zero-order valence-electron chi connectivity index (χ0n) is 18.6. The second-order valence-electron chi connectivity index (χ2n) is 7.96. The van der Waals surface area contributed by atoms with E-state index in [2.05, 4.69) is 15.6 Å². The molecule has 0 saturated carbocycles. The number of carbonyl (C=O) groups excluding carboxylic acids is 1. The van der Waals surface area contributed by atoms with Crippen molar-refractivity contribution in [1.82, 2.24) is 15.2 Å². The number of pyridine rings is 1. The number of nitrogens with one attached hydrogen (secondary N) is 3. The predicted octanol–water partition coefficient (Wildman–Crippen LogP) is 3.72. The van der Waals surface area contributed by atoms with Crippen molar-refractivity contribution in [2.45, 2.75) is 25.4 Å². The summed E-state index contributed by atoms with van der Waals surface area (Å²) in [4.78, 5) is 18.5. The number of carbonyl (C=O) groups is 1. The largest absolute Gasteiger partial charge is 0.476 e. The molecule has 3 N–H and O–H groups in total. The van der Waals surface area contributed by atoms with Crippen molar-refractivity contribution < 1.29 is 18.3 Å². The standard InChI is InChI=1S/C24H29F2N5O2/c1-18-16-19(6-7-20(18)25)23(32)31-13-8-24(26,9-14-31)17-28-12-15-33-22-5-2-4-21(30-22)29-11-3-10-27/h2-7,10-11,16,27-28H,8-9,12-15,17H2,1H3,(H,29,30)/b11-3-,27-10?. The summed E-state index contributed by atoms with van der Waals surface area (Å²) in [5.41, 5.74) is -0.546. The molecule has 1 amide bonds. The van der Waals surface area contributed by atoms with E-state index in [1.807, 2.05) is 0 Å². The average Bonchev–Trinajstić information content (AvgIpc) is 2.81. The molecule has 33 heavy (non-hydrogen) atoms. The van der Waals surface area contributed by atoms with Crippen molar-refractivity contribution in [2.75, 3.05) is 38.1 Å². The molecule has 1 aromatic carbocycles. The highest BCUT2D eigenvalue weighted by atomic mass is 19.1. The van der Waals surface area contributed by atoms with E-state index in [4.69, 9.17) is 10.1 Å². The minimum Gasteiger partial charge on any atom is -0.476 e. The van der Waals surface area contributed by atoms with Gasteiger partial charge in [0.05, 0.1) is 0 Å². The number of piperidine rings is 1. The second kappa shape index (κ2) is 11.5. The van der Waals surface area contributed by atoms with E-state index >= 15 is 4.39 Å². The van der Waals surface area contributed by atoms with Gasteiger partial charge in [0.2, 0.25) is 5.88 Å². The zero-order valence-corrected chi connectivity index (χ0v) is 18.6. The molecule has 7 nitrogen and oxygen atoms in total. The molecule has 0 spiro atoms. The van der Waals surface area contributed by atoms with Crippen molar-refractivity contribution in [3.05, 3.63) is 65.6 Å². The van der Waals surface area contributed by atoms with Gasteiger partial charge in [0.25, 0.3) is 5.91 Å². The summed E-state index contributed by atoms with van der Waals surface area (Å²) >= 11 is 0. The predicted molar refractivity (Wildman–Crippen MR) is 124 cm³/mol. The highest BCUT2D eigenvalue weighted by Gasteiger charge is 2.35. The number of halogens is 2. The van der Waals surface area contributed by atoms with E-state index in [1.54, 1.807) is 36.2 Å². The quantitative estimate of drug-likeness (QED) is 0.374. The van der Waals surface area contributed by atoms with Crippen LogP contribution in [-0.2, 0) is 0 Å². The summed E-state index contributed by atoms with van der Waals surface area (Å²) < 4.78 is 34.2. The first-order valence-corrected chi connectivity index (χ1v) is 10.9. The van der Waals surface area contributed by atoms with Crippen LogP contribution in [0.2, 0.25) is 0 Å². The Balaban J connectivity index is 1.38. The van der Waals surface area contributed by atoms with Gasteiger partial charge in [0.15, 0.2) is 0 Å². The smallest absolute Gasteiger partial charge is 0.253 e. The molecule has 176 valence electrons. The molecule has 3 rings (SSSR count). The third kappa shape index (κ3) is 7.08. The number of nitrogens with zero attached hydrogens (tertiary/aromatic N) is 2. The summed E-state index contributed by atoms with van der Waals surface area (Å²) in [6, 6.07) is 9.60. The van der Waals surface area contributed by atoms with Gasteiger partial charge in [-0.3, -0.25) is 4.79 Å². The van der Waals surface area contributed by atoms with Gasteiger partial charge in [-0.25, -0.2) is 8.78 Å². The molecule has 1 fully saturated rings. The Bertz CT molecular complexity index is 991.